The van der Waals surface area contributed by atoms with Crippen molar-refractivity contribution in [3.63, 3.8) is 0 Å². The molecule has 0 aliphatic rings. The minimum Gasteiger partial charge on any atom is -0.748 e. The highest BCUT2D eigenvalue weighted by Gasteiger charge is 2.15. The van der Waals surface area contributed by atoms with Crippen LogP contribution in [-0.2, 0) is 10.1 Å². The predicted molar refractivity (Wildman–Crippen MR) is 98.7 cm³/mol. The second kappa shape index (κ2) is 15.4. The Kier molecular flexibility index (Phi) is 15.4. The van der Waals surface area contributed by atoms with E-state index in [0.29, 0.717) is 12.8 Å². The van der Waals surface area contributed by atoms with Crippen LogP contribution in [0.1, 0.15) is 117 Å². The van der Waals surface area contributed by atoms with Gasteiger partial charge in [-0.1, -0.05) is 104 Å². The summed E-state index contributed by atoms with van der Waals surface area (Å²) in [6.45, 7) is 4.33. The van der Waals surface area contributed by atoms with Crippen molar-refractivity contribution in [2.24, 2.45) is 0 Å². The van der Waals surface area contributed by atoms with E-state index in [1.807, 2.05) is 0 Å². The van der Waals surface area contributed by atoms with Crippen LogP contribution >= 0.6 is 0 Å². The van der Waals surface area contributed by atoms with E-state index in [4.69, 9.17) is 0 Å². The standard InChI is InChI=1S/C19H40O3S/c1-3-5-7-8-9-10-11-12-13-14-16-18-19(23(20,21)22)17-15-6-4-2/h19H,3-18H2,1-2H3,(H,20,21,22)/p-1. The summed E-state index contributed by atoms with van der Waals surface area (Å²) in [5.74, 6) is 0. The van der Waals surface area contributed by atoms with Gasteiger partial charge in [0.05, 0.1) is 10.1 Å². The highest BCUT2D eigenvalue weighted by molar-refractivity contribution is 7.86. The molecule has 0 aliphatic heterocycles. The Hall–Kier alpha value is -0.0900. The van der Waals surface area contributed by atoms with Crippen molar-refractivity contribution in [1.29, 1.82) is 0 Å². The van der Waals surface area contributed by atoms with E-state index in [2.05, 4.69) is 13.8 Å². The zero-order valence-electron chi connectivity index (χ0n) is 15.5. The van der Waals surface area contributed by atoms with Crippen LogP contribution in [0.2, 0.25) is 0 Å². The zero-order chi connectivity index (χ0) is 17.4. The first-order chi connectivity index (χ1) is 11.0. The molecule has 0 N–H and O–H groups in total. The molecule has 0 aromatic heterocycles. The maximum Gasteiger partial charge on any atom is 0.0975 e. The van der Waals surface area contributed by atoms with Crippen molar-refractivity contribution >= 4 is 10.1 Å². The SMILES string of the molecule is CCCCCCCCCCCCCC(CCCCC)S(=O)(=O)[O-]. The molecule has 0 fully saturated rings. The van der Waals surface area contributed by atoms with Crippen LogP contribution in [-0.4, -0.2) is 18.2 Å². The van der Waals surface area contributed by atoms with E-state index in [-0.39, 0.29) is 0 Å². The molecule has 4 heteroatoms. The first kappa shape index (κ1) is 22.9. The van der Waals surface area contributed by atoms with Crippen molar-refractivity contribution in [3.8, 4) is 0 Å². The van der Waals surface area contributed by atoms with Crippen molar-refractivity contribution in [3.05, 3.63) is 0 Å². The lowest BCUT2D eigenvalue weighted by Crippen LogP contribution is -2.20. The summed E-state index contributed by atoms with van der Waals surface area (Å²) >= 11 is 0. The lowest BCUT2D eigenvalue weighted by Gasteiger charge is -2.20. The van der Waals surface area contributed by atoms with Crippen LogP contribution < -0.4 is 0 Å². The largest absolute Gasteiger partial charge is 0.748 e. The van der Waals surface area contributed by atoms with E-state index >= 15 is 0 Å². The summed E-state index contributed by atoms with van der Waals surface area (Å²) in [4.78, 5) is 0. The highest BCUT2D eigenvalue weighted by Crippen LogP contribution is 2.18. The summed E-state index contributed by atoms with van der Waals surface area (Å²) in [6, 6.07) is 0. The zero-order valence-corrected chi connectivity index (χ0v) is 16.3. The Morgan fingerprint density at radius 3 is 1.30 bits per heavy atom. The van der Waals surface area contributed by atoms with E-state index in [0.717, 1.165) is 32.1 Å². The van der Waals surface area contributed by atoms with E-state index in [9.17, 15) is 13.0 Å². The monoisotopic (exact) mass is 347 g/mol. The lowest BCUT2D eigenvalue weighted by atomic mass is 10.0. The molecule has 1 atom stereocenters. The average molecular weight is 348 g/mol. The van der Waals surface area contributed by atoms with Gasteiger partial charge in [-0.05, 0) is 12.8 Å². The van der Waals surface area contributed by atoms with E-state index < -0.39 is 15.4 Å². The van der Waals surface area contributed by atoms with Crippen molar-refractivity contribution in [2.45, 2.75) is 122 Å². The van der Waals surface area contributed by atoms with Crippen molar-refractivity contribution < 1.29 is 13.0 Å². The predicted octanol–water partition coefficient (Wildman–Crippen LogP) is 6.18. The van der Waals surface area contributed by atoms with Crippen molar-refractivity contribution in [2.75, 3.05) is 0 Å². The molecular weight excluding hydrogens is 308 g/mol. The Labute approximate surface area is 145 Å². The van der Waals surface area contributed by atoms with Crippen LogP contribution in [0, 0.1) is 0 Å². The van der Waals surface area contributed by atoms with Crippen LogP contribution in [0.25, 0.3) is 0 Å². The average Bonchev–Trinajstić information content (AvgIpc) is 2.49. The summed E-state index contributed by atoms with van der Waals surface area (Å²) in [6.07, 6.45) is 17.8. The van der Waals surface area contributed by atoms with E-state index in [1.165, 1.54) is 57.8 Å². The molecule has 0 heterocycles. The highest BCUT2D eigenvalue weighted by atomic mass is 32.2. The summed E-state index contributed by atoms with van der Waals surface area (Å²) in [5, 5.41) is -0.646. The van der Waals surface area contributed by atoms with Crippen LogP contribution in [0.5, 0.6) is 0 Å². The number of unbranched alkanes of at least 4 members (excludes halogenated alkanes) is 12. The normalized spacial score (nSPS) is 13.3. The number of hydrogen-bond donors (Lipinski definition) is 0. The molecule has 3 nitrogen and oxygen atoms in total. The van der Waals surface area contributed by atoms with Gasteiger partial charge >= 0.3 is 0 Å². The first-order valence-electron chi connectivity index (χ1n) is 9.97. The van der Waals surface area contributed by atoms with Gasteiger partial charge in [-0.15, -0.1) is 0 Å². The first-order valence-corrected chi connectivity index (χ1v) is 11.4. The molecule has 0 saturated carbocycles. The van der Waals surface area contributed by atoms with Crippen LogP contribution in [0.3, 0.4) is 0 Å². The third kappa shape index (κ3) is 15.2. The van der Waals surface area contributed by atoms with Gasteiger partial charge in [0.15, 0.2) is 0 Å². The van der Waals surface area contributed by atoms with Crippen LogP contribution in [0.4, 0.5) is 0 Å². The van der Waals surface area contributed by atoms with Gasteiger partial charge in [0.2, 0.25) is 0 Å². The molecule has 0 saturated heterocycles. The molecule has 0 bridgehead atoms. The maximum absolute atomic E-state index is 11.3. The summed E-state index contributed by atoms with van der Waals surface area (Å²) < 4.78 is 33.8. The maximum atomic E-state index is 11.3. The van der Waals surface area contributed by atoms with Crippen molar-refractivity contribution in [1.82, 2.24) is 0 Å². The topological polar surface area (TPSA) is 57.2 Å². The lowest BCUT2D eigenvalue weighted by molar-refractivity contribution is 0.428. The Morgan fingerprint density at radius 2 is 0.913 bits per heavy atom. The molecule has 0 aromatic rings. The number of rotatable bonds is 17. The molecule has 0 rings (SSSR count). The fourth-order valence-corrected chi connectivity index (χ4v) is 4.00. The Morgan fingerprint density at radius 1 is 0.609 bits per heavy atom. The second-order valence-electron chi connectivity index (χ2n) is 6.93. The summed E-state index contributed by atoms with van der Waals surface area (Å²) in [7, 11) is -4.11. The van der Waals surface area contributed by atoms with Crippen LogP contribution in [0.15, 0.2) is 0 Å². The quantitative estimate of drug-likeness (QED) is 0.233. The fourth-order valence-electron chi connectivity index (χ4n) is 3.09. The smallest absolute Gasteiger partial charge is 0.0975 e. The third-order valence-corrected chi connectivity index (χ3v) is 5.96. The Balaban J connectivity index is 3.55. The van der Waals surface area contributed by atoms with E-state index in [1.54, 1.807) is 0 Å². The van der Waals surface area contributed by atoms with Gasteiger partial charge in [-0.25, -0.2) is 8.42 Å². The minimum absolute atomic E-state index is 0.553. The number of hydrogen-bond acceptors (Lipinski definition) is 3. The summed E-state index contributed by atoms with van der Waals surface area (Å²) in [5.41, 5.74) is 0. The fraction of sp³-hybridized carbons (Fsp3) is 1.00. The van der Waals surface area contributed by atoms with Gasteiger partial charge in [0.1, 0.15) is 0 Å². The molecule has 1 unspecified atom stereocenters. The Bertz CT molecular complexity index is 339. The molecule has 0 amide bonds. The van der Waals surface area contributed by atoms with Gasteiger partial charge in [0.25, 0.3) is 0 Å². The molecule has 0 aliphatic carbocycles. The molecule has 0 spiro atoms. The molecular formula is C19H39O3S-. The van der Waals surface area contributed by atoms with Gasteiger partial charge in [-0.3, -0.25) is 0 Å². The second-order valence-corrected chi connectivity index (χ2v) is 8.59. The van der Waals surface area contributed by atoms with Gasteiger partial charge in [0, 0.05) is 5.25 Å². The van der Waals surface area contributed by atoms with Gasteiger partial charge in [-0.2, -0.15) is 0 Å². The molecule has 23 heavy (non-hydrogen) atoms. The third-order valence-electron chi connectivity index (χ3n) is 4.67. The molecule has 0 aromatic carbocycles. The molecule has 0 radical (unpaired) electrons. The van der Waals surface area contributed by atoms with Gasteiger partial charge < -0.3 is 4.55 Å². The minimum atomic E-state index is -4.11. The molecule has 140 valence electrons.